The van der Waals surface area contributed by atoms with Crippen molar-refractivity contribution in [3.63, 3.8) is 0 Å². The zero-order valence-corrected chi connectivity index (χ0v) is 11.5. The van der Waals surface area contributed by atoms with Crippen molar-refractivity contribution in [3.8, 4) is 5.75 Å². The summed E-state index contributed by atoms with van der Waals surface area (Å²) in [6.07, 6.45) is -2.80. The van der Waals surface area contributed by atoms with E-state index in [4.69, 9.17) is 0 Å². The highest BCUT2D eigenvalue weighted by atomic mass is 32.2. The van der Waals surface area contributed by atoms with E-state index in [0.717, 1.165) is 17.1 Å². The number of alkyl halides is 3. The van der Waals surface area contributed by atoms with Gasteiger partial charge in [-0.05, 0) is 18.4 Å². The van der Waals surface area contributed by atoms with E-state index < -0.39 is 6.36 Å². The molecule has 0 N–H and O–H groups in total. The van der Waals surface area contributed by atoms with Gasteiger partial charge in [0.15, 0.2) is 0 Å². The number of benzene rings is 1. The third kappa shape index (κ3) is 3.44. The number of ether oxygens (including phenoxy) is 1. The molecule has 0 bridgehead atoms. The second-order valence-electron chi connectivity index (χ2n) is 3.69. The van der Waals surface area contributed by atoms with E-state index in [0.29, 0.717) is 16.8 Å². The maximum Gasteiger partial charge on any atom is 0.573 e. The summed E-state index contributed by atoms with van der Waals surface area (Å²) in [6.45, 7) is 0.541. The molecule has 1 aromatic heterocycles. The summed E-state index contributed by atoms with van der Waals surface area (Å²) in [6, 6.07) is 3.94. The molecule has 104 valence electrons. The minimum Gasteiger partial charge on any atom is -0.406 e. The van der Waals surface area contributed by atoms with Crippen molar-refractivity contribution in [3.05, 3.63) is 27.9 Å². The number of nitrogens with zero attached hydrogens (tertiary/aromatic N) is 1. The van der Waals surface area contributed by atoms with Gasteiger partial charge in [0.25, 0.3) is 0 Å². The summed E-state index contributed by atoms with van der Waals surface area (Å²) in [5.41, 5.74) is 0.638. The van der Waals surface area contributed by atoms with Gasteiger partial charge >= 0.3 is 11.2 Å². The molecule has 2 rings (SSSR count). The second kappa shape index (κ2) is 5.46. The quantitative estimate of drug-likeness (QED) is 0.868. The first-order valence-electron chi connectivity index (χ1n) is 5.29. The number of halogens is 3. The first-order valence-corrected chi connectivity index (χ1v) is 7.50. The van der Waals surface area contributed by atoms with Gasteiger partial charge in [0.1, 0.15) is 5.75 Å². The molecule has 0 unspecified atom stereocenters. The van der Waals surface area contributed by atoms with Crippen molar-refractivity contribution in [1.82, 2.24) is 4.57 Å². The summed E-state index contributed by atoms with van der Waals surface area (Å²) in [5, 5.41) is 0. The Kier molecular flexibility index (Phi) is 4.10. The van der Waals surface area contributed by atoms with Gasteiger partial charge < -0.3 is 4.74 Å². The Morgan fingerprint density at radius 2 is 2.16 bits per heavy atom. The zero-order valence-electron chi connectivity index (χ0n) is 9.86. The molecule has 0 aliphatic carbocycles. The van der Waals surface area contributed by atoms with E-state index in [9.17, 15) is 18.0 Å². The van der Waals surface area contributed by atoms with Crippen molar-refractivity contribution in [1.29, 1.82) is 0 Å². The molecule has 0 aliphatic heterocycles. The zero-order chi connectivity index (χ0) is 14.0. The highest BCUT2D eigenvalue weighted by Gasteiger charge is 2.31. The predicted octanol–water partition coefficient (Wildman–Crippen LogP) is 3.32. The molecule has 0 spiro atoms. The summed E-state index contributed by atoms with van der Waals surface area (Å²) in [5.74, 6) is 0.463. The van der Waals surface area contributed by atoms with Crippen molar-refractivity contribution >= 4 is 33.3 Å². The molecule has 0 saturated heterocycles. The lowest BCUT2D eigenvalue weighted by Gasteiger charge is -2.08. The van der Waals surface area contributed by atoms with Gasteiger partial charge in [0.05, 0.1) is 10.2 Å². The Bertz CT molecular complexity index is 633. The normalized spacial score (nSPS) is 12.0. The average molecular weight is 309 g/mol. The van der Waals surface area contributed by atoms with Crippen molar-refractivity contribution in [2.75, 3.05) is 12.0 Å². The molecule has 0 amide bonds. The van der Waals surface area contributed by atoms with Crippen molar-refractivity contribution in [2.24, 2.45) is 0 Å². The van der Waals surface area contributed by atoms with Crippen LogP contribution < -0.4 is 9.61 Å². The fraction of sp³-hybridized carbons (Fsp3) is 0.364. The number of aromatic nitrogens is 1. The van der Waals surface area contributed by atoms with Crippen LogP contribution in [0.5, 0.6) is 5.75 Å². The molecule has 0 radical (unpaired) electrons. The Balaban J connectivity index is 2.37. The predicted molar refractivity (Wildman–Crippen MR) is 71.2 cm³/mol. The Hall–Kier alpha value is -1.15. The van der Waals surface area contributed by atoms with Gasteiger partial charge in [-0.2, -0.15) is 11.8 Å². The summed E-state index contributed by atoms with van der Waals surface area (Å²) in [7, 11) is 0. The van der Waals surface area contributed by atoms with Gasteiger partial charge in [0, 0.05) is 18.4 Å². The fourth-order valence-corrected chi connectivity index (χ4v) is 2.95. The number of thioether (sulfide) groups is 1. The van der Waals surface area contributed by atoms with Crippen LogP contribution in [0.15, 0.2) is 23.0 Å². The van der Waals surface area contributed by atoms with E-state index in [1.165, 1.54) is 18.2 Å². The minimum atomic E-state index is -4.72. The second-order valence-corrected chi connectivity index (χ2v) is 5.67. The Morgan fingerprint density at radius 3 is 2.79 bits per heavy atom. The van der Waals surface area contributed by atoms with Crippen LogP contribution in [0.25, 0.3) is 10.2 Å². The van der Waals surface area contributed by atoms with E-state index in [1.54, 1.807) is 16.3 Å². The van der Waals surface area contributed by atoms with E-state index in [-0.39, 0.29) is 10.6 Å². The summed E-state index contributed by atoms with van der Waals surface area (Å²) in [4.78, 5) is 11.6. The highest BCUT2D eigenvalue weighted by molar-refractivity contribution is 7.98. The monoisotopic (exact) mass is 309 g/mol. The Labute approximate surface area is 115 Å². The molecular weight excluding hydrogens is 299 g/mol. The van der Waals surface area contributed by atoms with E-state index >= 15 is 0 Å². The lowest BCUT2D eigenvalue weighted by atomic mass is 10.3. The number of thiazole rings is 1. The molecule has 3 nitrogen and oxygen atoms in total. The maximum absolute atomic E-state index is 12.1. The molecule has 1 heterocycles. The number of rotatable bonds is 4. The van der Waals surface area contributed by atoms with Crippen LogP contribution in [0.3, 0.4) is 0 Å². The van der Waals surface area contributed by atoms with E-state index in [2.05, 4.69) is 4.74 Å². The van der Waals surface area contributed by atoms with Gasteiger partial charge in [-0.25, -0.2) is 0 Å². The first kappa shape index (κ1) is 14.3. The number of fused-ring (bicyclic) bond motifs is 1. The van der Waals surface area contributed by atoms with Gasteiger partial charge in [-0.15, -0.1) is 13.2 Å². The molecule has 19 heavy (non-hydrogen) atoms. The molecule has 1 aromatic carbocycles. The highest BCUT2D eigenvalue weighted by Crippen LogP contribution is 2.27. The molecule has 0 saturated carbocycles. The number of aryl methyl sites for hydroxylation is 1. The SMILES string of the molecule is CSCCn1c(=O)sc2cc(OC(F)(F)F)ccc21. The van der Waals surface area contributed by atoms with Crippen LogP contribution in [0.2, 0.25) is 0 Å². The smallest absolute Gasteiger partial charge is 0.406 e. The van der Waals surface area contributed by atoms with Crippen LogP contribution in [-0.2, 0) is 6.54 Å². The molecule has 0 atom stereocenters. The topological polar surface area (TPSA) is 31.2 Å². The maximum atomic E-state index is 12.1. The average Bonchev–Trinajstić information content (AvgIpc) is 2.59. The third-order valence-electron chi connectivity index (χ3n) is 2.39. The minimum absolute atomic E-state index is 0.173. The van der Waals surface area contributed by atoms with Crippen LogP contribution in [0.4, 0.5) is 13.2 Å². The van der Waals surface area contributed by atoms with Crippen LogP contribution >= 0.6 is 23.1 Å². The summed E-state index contributed by atoms with van der Waals surface area (Å²) < 4.78 is 42.2. The largest absolute Gasteiger partial charge is 0.573 e. The lowest BCUT2D eigenvalue weighted by molar-refractivity contribution is -0.274. The Morgan fingerprint density at radius 1 is 1.42 bits per heavy atom. The summed E-state index contributed by atoms with van der Waals surface area (Å²) >= 11 is 2.52. The molecule has 0 aliphatic rings. The number of hydrogen-bond donors (Lipinski definition) is 0. The van der Waals surface area contributed by atoms with E-state index in [1.807, 2.05) is 6.26 Å². The van der Waals surface area contributed by atoms with Gasteiger partial charge in [-0.3, -0.25) is 9.36 Å². The van der Waals surface area contributed by atoms with Gasteiger partial charge in [-0.1, -0.05) is 11.3 Å². The van der Waals surface area contributed by atoms with Crippen LogP contribution in [-0.4, -0.2) is 22.9 Å². The van der Waals surface area contributed by atoms with Crippen molar-refractivity contribution in [2.45, 2.75) is 12.9 Å². The van der Waals surface area contributed by atoms with Crippen molar-refractivity contribution < 1.29 is 17.9 Å². The first-order chi connectivity index (χ1) is 8.90. The fourth-order valence-electron chi connectivity index (χ4n) is 1.64. The van der Waals surface area contributed by atoms with Gasteiger partial charge in [0.2, 0.25) is 0 Å². The molecule has 2 aromatic rings. The molecule has 0 fully saturated rings. The standard InChI is InChI=1S/C11H10F3NO2S2/c1-18-5-4-15-8-3-2-7(17-11(12,13)14)6-9(8)19-10(15)16/h2-3,6H,4-5H2,1H3. The van der Waals surface area contributed by atoms with Crippen LogP contribution in [0, 0.1) is 0 Å². The lowest BCUT2D eigenvalue weighted by Crippen LogP contribution is -2.17. The third-order valence-corrected chi connectivity index (χ3v) is 3.93. The molecular formula is C11H10F3NO2S2. The number of hydrogen-bond acceptors (Lipinski definition) is 4. The molecule has 8 heteroatoms. The van der Waals surface area contributed by atoms with Crippen LogP contribution in [0.1, 0.15) is 0 Å².